The van der Waals surface area contributed by atoms with Gasteiger partial charge in [0.1, 0.15) is 0 Å². The smallest absolute Gasteiger partial charge is 0.0318 e. The molecular formula is C16H26. The van der Waals surface area contributed by atoms with E-state index < -0.39 is 0 Å². The largest absolute Gasteiger partial charge is 0.0651 e. The summed E-state index contributed by atoms with van der Waals surface area (Å²) in [6, 6.07) is 0. The summed E-state index contributed by atoms with van der Waals surface area (Å²) >= 11 is 0. The van der Waals surface area contributed by atoms with Gasteiger partial charge in [0, 0.05) is 0 Å². The molecule has 90 valence electrons. The summed E-state index contributed by atoms with van der Waals surface area (Å²) < 4.78 is 0. The van der Waals surface area contributed by atoms with Crippen molar-refractivity contribution in [2.45, 2.75) is 46.5 Å². The van der Waals surface area contributed by atoms with E-state index in [0.29, 0.717) is 0 Å². The third-order valence-corrected chi connectivity index (χ3v) is 7.51. The maximum Gasteiger partial charge on any atom is -0.0318 e. The van der Waals surface area contributed by atoms with Gasteiger partial charge in [0.2, 0.25) is 0 Å². The molecule has 0 aromatic carbocycles. The van der Waals surface area contributed by atoms with Gasteiger partial charge in [-0.1, -0.05) is 27.2 Å². The minimum absolute atomic E-state index is 1.04. The van der Waals surface area contributed by atoms with E-state index >= 15 is 0 Å². The molecule has 4 rings (SSSR count). The first-order valence-electron chi connectivity index (χ1n) is 7.72. The van der Waals surface area contributed by atoms with Gasteiger partial charge >= 0.3 is 0 Å². The summed E-state index contributed by atoms with van der Waals surface area (Å²) in [5.41, 5.74) is 0. The molecular weight excluding hydrogens is 192 g/mol. The second-order valence-corrected chi connectivity index (χ2v) is 7.50. The lowest BCUT2D eigenvalue weighted by Crippen LogP contribution is -2.38. The van der Waals surface area contributed by atoms with Gasteiger partial charge in [-0.15, -0.1) is 0 Å². The summed E-state index contributed by atoms with van der Waals surface area (Å²) in [6.45, 7) is 7.53. The second kappa shape index (κ2) is 3.06. The van der Waals surface area contributed by atoms with Gasteiger partial charge < -0.3 is 0 Å². The minimum Gasteiger partial charge on any atom is -0.0651 e. The van der Waals surface area contributed by atoms with Crippen LogP contribution in [0.5, 0.6) is 0 Å². The molecule has 4 aliphatic rings. The quantitative estimate of drug-likeness (QED) is 0.578. The molecule has 9 atom stereocenters. The third kappa shape index (κ3) is 0.946. The zero-order valence-corrected chi connectivity index (χ0v) is 11.0. The summed E-state index contributed by atoms with van der Waals surface area (Å²) in [7, 11) is 0. The summed E-state index contributed by atoms with van der Waals surface area (Å²) in [5.74, 6) is 10.2. The molecule has 4 aliphatic carbocycles. The van der Waals surface area contributed by atoms with Crippen LogP contribution in [-0.4, -0.2) is 0 Å². The Morgan fingerprint density at radius 1 is 0.812 bits per heavy atom. The van der Waals surface area contributed by atoms with Crippen molar-refractivity contribution in [2.75, 3.05) is 0 Å². The first-order chi connectivity index (χ1) is 7.72. The molecule has 9 unspecified atom stereocenters. The first kappa shape index (κ1) is 9.97. The van der Waals surface area contributed by atoms with Gasteiger partial charge in [-0.25, -0.2) is 0 Å². The number of hydrogen-bond acceptors (Lipinski definition) is 0. The minimum atomic E-state index is 1.04. The van der Waals surface area contributed by atoms with Crippen LogP contribution in [0.2, 0.25) is 0 Å². The van der Waals surface area contributed by atoms with Crippen LogP contribution in [0.25, 0.3) is 0 Å². The third-order valence-electron chi connectivity index (χ3n) is 7.51. The van der Waals surface area contributed by atoms with Crippen molar-refractivity contribution < 1.29 is 0 Å². The molecule has 4 fully saturated rings. The summed E-state index contributed by atoms with van der Waals surface area (Å²) in [4.78, 5) is 0. The Bertz CT molecular complexity index is 303. The standard InChI is InChI=1S/C16H26/c1-4-10-5-11-6-14(10)16-13-7-12(15(11)16)8(2)9(13)3/h8-16H,4-7H2,1-3H3. The Hall–Kier alpha value is 0. The van der Waals surface area contributed by atoms with Gasteiger partial charge in [0.05, 0.1) is 0 Å². The molecule has 0 aliphatic heterocycles. The molecule has 16 heavy (non-hydrogen) atoms. The van der Waals surface area contributed by atoms with Gasteiger partial charge in [0.25, 0.3) is 0 Å². The Labute approximate surface area is 100 Å². The second-order valence-electron chi connectivity index (χ2n) is 7.50. The zero-order valence-electron chi connectivity index (χ0n) is 11.0. The van der Waals surface area contributed by atoms with Crippen LogP contribution < -0.4 is 0 Å². The lowest BCUT2D eigenvalue weighted by atomic mass is 9.62. The highest BCUT2D eigenvalue weighted by Gasteiger charge is 2.65. The SMILES string of the molecule is CCC1CC2CC1C1C3CC(C(C)C3C)C21. The monoisotopic (exact) mass is 218 g/mol. The van der Waals surface area contributed by atoms with Gasteiger partial charge in [-0.05, 0) is 72.5 Å². The van der Waals surface area contributed by atoms with Crippen LogP contribution >= 0.6 is 0 Å². The van der Waals surface area contributed by atoms with Crippen LogP contribution in [0.4, 0.5) is 0 Å². The fourth-order valence-electron chi connectivity index (χ4n) is 6.83. The maximum atomic E-state index is 2.55. The molecule has 0 nitrogen and oxygen atoms in total. The van der Waals surface area contributed by atoms with Crippen molar-refractivity contribution in [3.05, 3.63) is 0 Å². The predicted molar refractivity (Wildman–Crippen MR) is 66.9 cm³/mol. The van der Waals surface area contributed by atoms with E-state index in [1.807, 2.05) is 0 Å². The first-order valence-corrected chi connectivity index (χ1v) is 7.72. The molecule has 0 aromatic heterocycles. The average molecular weight is 218 g/mol. The lowest BCUT2D eigenvalue weighted by Gasteiger charge is -2.43. The molecule has 4 bridgehead atoms. The highest BCUT2D eigenvalue weighted by atomic mass is 14.7. The van der Waals surface area contributed by atoms with Crippen molar-refractivity contribution in [2.24, 2.45) is 53.3 Å². The van der Waals surface area contributed by atoms with E-state index in [0.717, 1.165) is 41.4 Å². The molecule has 0 N–H and O–H groups in total. The van der Waals surface area contributed by atoms with Crippen LogP contribution in [0.15, 0.2) is 0 Å². The Morgan fingerprint density at radius 3 is 2.19 bits per heavy atom. The van der Waals surface area contributed by atoms with E-state index in [9.17, 15) is 0 Å². The molecule has 0 aromatic rings. The molecule has 0 spiro atoms. The van der Waals surface area contributed by atoms with Crippen LogP contribution in [0.3, 0.4) is 0 Å². The van der Waals surface area contributed by atoms with Gasteiger partial charge in [-0.2, -0.15) is 0 Å². The van der Waals surface area contributed by atoms with Crippen molar-refractivity contribution in [3.8, 4) is 0 Å². The molecule has 0 heteroatoms. The fraction of sp³-hybridized carbons (Fsp3) is 1.00. The normalized spacial score (nSPS) is 66.6. The summed E-state index contributed by atoms with van der Waals surface area (Å²) in [6.07, 6.45) is 6.31. The Balaban J connectivity index is 1.68. The van der Waals surface area contributed by atoms with Crippen molar-refractivity contribution in [1.82, 2.24) is 0 Å². The fourth-order valence-corrected chi connectivity index (χ4v) is 6.83. The van der Waals surface area contributed by atoms with Crippen molar-refractivity contribution in [1.29, 1.82) is 0 Å². The average Bonchev–Trinajstić information content (AvgIpc) is 2.98. The zero-order chi connectivity index (χ0) is 11.0. The maximum absolute atomic E-state index is 2.55. The van der Waals surface area contributed by atoms with E-state index in [1.54, 1.807) is 19.3 Å². The lowest BCUT2D eigenvalue weighted by molar-refractivity contribution is 0.0456. The summed E-state index contributed by atoms with van der Waals surface area (Å²) in [5, 5.41) is 0. The van der Waals surface area contributed by atoms with E-state index in [2.05, 4.69) is 20.8 Å². The van der Waals surface area contributed by atoms with E-state index in [-0.39, 0.29) is 0 Å². The van der Waals surface area contributed by atoms with Gasteiger partial charge in [0.15, 0.2) is 0 Å². The van der Waals surface area contributed by atoms with Gasteiger partial charge in [-0.3, -0.25) is 0 Å². The van der Waals surface area contributed by atoms with Crippen LogP contribution in [0, 0.1) is 53.3 Å². The number of hydrogen-bond donors (Lipinski definition) is 0. The molecule has 0 heterocycles. The molecule has 0 amide bonds. The van der Waals surface area contributed by atoms with Crippen LogP contribution in [0.1, 0.15) is 46.5 Å². The predicted octanol–water partition coefficient (Wildman–Crippen LogP) is 4.21. The topological polar surface area (TPSA) is 0 Å². The van der Waals surface area contributed by atoms with Crippen molar-refractivity contribution in [3.63, 3.8) is 0 Å². The van der Waals surface area contributed by atoms with Crippen molar-refractivity contribution >= 4 is 0 Å². The van der Waals surface area contributed by atoms with E-state index in [1.165, 1.54) is 18.3 Å². The number of fused-ring (bicyclic) bond motifs is 9. The molecule has 4 saturated carbocycles. The molecule has 0 radical (unpaired) electrons. The molecule has 0 saturated heterocycles. The number of rotatable bonds is 1. The Morgan fingerprint density at radius 2 is 1.50 bits per heavy atom. The highest BCUT2D eigenvalue weighted by molar-refractivity contribution is 5.13. The Kier molecular flexibility index (Phi) is 1.91. The highest BCUT2D eigenvalue weighted by Crippen LogP contribution is 2.71. The van der Waals surface area contributed by atoms with Crippen LogP contribution in [-0.2, 0) is 0 Å². The van der Waals surface area contributed by atoms with E-state index in [4.69, 9.17) is 0 Å².